The SMILES string of the molecule is c1ccc(-c2cc(-c3ccccc3)nc(-c3ccc(-c4ccc5ccc(-c6ccc(-n7c8ccccc8c8ccccc87)cc6)cc5c4)cc3)n2)cc1. The summed E-state index contributed by atoms with van der Waals surface area (Å²) in [5, 5.41) is 4.97. The van der Waals surface area contributed by atoms with E-state index in [-0.39, 0.29) is 0 Å². The number of benzene rings is 8. The molecule has 0 atom stereocenters. The molecule has 10 aromatic rings. The second kappa shape index (κ2) is 12.9. The normalized spacial score (nSPS) is 11.4. The Labute approximate surface area is 308 Å². The quantitative estimate of drug-likeness (QED) is 0.176. The topological polar surface area (TPSA) is 30.7 Å². The number of para-hydroxylation sites is 2. The number of rotatable bonds is 6. The first kappa shape index (κ1) is 30.7. The Hall–Kier alpha value is -7.10. The standard InChI is InChI=1S/C50H33N3/c1-3-11-37(12-4-1)46-33-47(38-13-5-2-6-14-38)52-50(51-46)39-23-19-34(20-24-39)40-25-21-36-22-26-41(32-42(36)31-40)35-27-29-43(30-28-35)53-48-17-9-7-15-44(48)45-16-8-10-18-49(45)53/h1-33H. The number of hydrogen-bond donors (Lipinski definition) is 0. The van der Waals surface area contributed by atoms with E-state index in [9.17, 15) is 0 Å². The largest absolute Gasteiger partial charge is 0.309 e. The Morgan fingerprint density at radius 2 is 0.736 bits per heavy atom. The van der Waals surface area contributed by atoms with Crippen LogP contribution in [0.1, 0.15) is 0 Å². The van der Waals surface area contributed by atoms with Crippen molar-refractivity contribution < 1.29 is 0 Å². The van der Waals surface area contributed by atoms with Crippen LogP contribution in [0, 0.1) is 0 Å². The molecule has 0 saturated heterocycles. The lowest BCUT2D eigenvalue weighted by molar-refractivity contribution is 1.18. The minimum Gasteiger partial charge on any atom is -0.309 e. The summed E-state index contributed by atoms with van der Waals surface area (Å²) < 4.78 is 2.36. The fraction of sp³-hybridized carbons (Fsp3) is 0. The number of aromatic nitrogens is 3. The molecule has 53 heavy (non-hydrogen) atoms. The predicted molar refractivity (Wildman–Crippen MR) is 221 cm³/mol. The van der Waals surface area contributed by atoms with Gasteiger partial charge in [0.1, 0.15) is 0 Å². The van der Waals surface area contributed by atoms with E-state index in [0.29, 0.717) is 5.82 Å². The van der Waals surface area contributed by atoms with Crippen molar-refractivity contribution in [2.24, 2.45) is 0 Å². The maximum absolute atomic E-state index is 5.02. The van der Waals surface area contributed by atoms with Crippen LogP contribution in [0.2, 0.25) is 0 Å². The smallest absolute Gasteiger partial charge is 0.160 e. The van der Waals surface area contributed by atoms with Crippen molar-refractivity contribution in [1.29, 1.82) is 0 Å². The van der Waals surface area contributed by atoms with Gasteiger partial charge in [0, 0.05) is 33.2 Å². The van der Waals surface area contributed by atoms with Gasteiger partial charge in [-0.15, -0.1) is 0 Å². The molecule has 0 aliphatic carbocycles. The molecule has 8 aromatic carbocycles. The van der Waals surface area contributed by atoms with E-state index in [1.165, 1.54) is 49.3 Å². The van der Waals surface area contributed by atoms with Crippen LogP contribution in [-0.4, -0.2) is 14.5 Å². The molecule has 0 aliphatic rings. The van der Waals surface area contributed by atoms with E-state index in [1.54, 1.807) is 0 Å². The first-order chi connectivity index (χ1) is 26.2. The van der Waals surface area contributed by atoms with Crippen LogP contribution in [0.3, 0.4) is 0 Å². The van der Waals surface area contributed by atoms with Gasteiger partial charge >= 0.3 is 0 Å². The summed E-state index contributed by atoms with van der Waals surface area (Å²) in [6.45, 7) is 0. The van der Waals surface area contributed by atoms with Crippen molar-refractivity contribution in [3.8, 4) is 61.8 Å². The van der Waals surface area contributed by atoms with Crippen LogP contribution >= 0.6 is 0 Å². The molecule has 0 fully saturated rings. The molecule has 0 radical (unpaired) electrons. The Balaban J connectivity index is 0.963. The Bertz CT molecular complexity index is 2800. The molecule has 0 bridgehead atoms. The molecule has 10 rings (SSSR count). The fourth-order valence-electron chi connectivity index (χ4n) is 7.51. The van der Waals surface area contributed by atoms with Crippen molar-refractivity contribution >= 4 is 32.6 Å². The summed E-state index contributed by atoms with van der Waals surface area (Å²) in [6, 6.07) is 71.0. The molecule has 3 heteroatoms. The van der Waals surface area contributed by atoms with Crippen molar-refractivity contribution in [3.05, 3.63) is 200 Å². The van der Waals surface area contributed by atoms with Gasteiger partial charge in [-0.05, 0) is 75.5 Å². The van der Waals surface area contributed by atoms with Gasteiger partial charge in [-0.2, -0.15) is 0 Å². The highest BCUT2D eigenvalue weighted by Gasteiger charge is 2.13. The average Bonchev–Trinajstić information content (AvgIpc) is 3.58. The third-order valence-corrected chi connectivity index (χ3v) is 10.2. The van der Waals surface area contributed by atoms with E-state index in [0.717, 1.165) is 39.3 Å². The fourth-order valence-corrected chi connectivity index (χ4v) is 7.51. The zero-order chi connectivity index (χ0) is 35.1. The van der Waals surface area contributed by atoms with Crippen LogP contribution in [-0.2, 0) is 0 Å². The van der Waals surface area contributed by atoms with E-state index >= 15 is 0 Å². The highest BCUT2D eigenvalue weighted by molar-refractivity contribution is 6.09. The molecule has 2 aromatic heterocycles. The highest BCUT2D eigenvalue weighted by Crippen LogP contribution is 2.34. The van der Waals surface area contributed by atoms with Crippen LogP contribution < -0.4 is 0 Å². The molecular formula is C50H33N3. The molecule has 3 nitrogen and oxygen atoms in total. The lowest BCUT2D eigenvalue weighted by atomic mass is 9.97. The van der Waals surface area contributed by atoms with Gasteiger partial charge in [0.15, 0.2) is 5.82 Å². The van der Waals surface area contributed by atoms with Gasteiger partial charge in [-0.25, -0.2) is 9.97 Å². The second-order valence-electron chi connectivity index (χ2n) is 13.5. The summed E-state index contributed by atoms with van der Waals surface area (Å²) in [4.78, 5) is 10.0. The monoisotopic (exact) mass is 675 g/mol. The van der Waals surface area contributed by atoms with Crippen molar-refractivity contribution in [3.63, 3.8) is 0 Å². The van der Waals surface area contributed by atoms with Crippen LogP contribution in [0.15, 0.2) is 200 Å². The molecule has 0 N–H and O–H groups in total. The Morgan fingerprint density at radius 1 is 0.302 bits per heavy atom. The summed E-state index contributed by atoms with van der Waals surface area (Å²) in [6.07, 6.45) is 0. The van der Waals surface area contributed by atoms with Crippen LogP contribution in [0.4, 0.5) is 0 Å². The maximum atomic E-state index is 5.02. The van der Waals surface area contributed by atoms with Crippen LogP contribution in [0.5, 0.6) is 0 Å². The molecule has 0 amide bonds. The zero-order valence-corrected chi connectivity index (χ0v) is 28.9. The molecular weight excluding hydrogens is 643 g/mol. The average molecular weight is 676 g/mol. The molecule has 0 unspecified atom stereocenters. The van der Waals surface area contributed by atoms with Gasteiger partial charge in [0.05, 0.1) is 22.4 Å². The third-order valence-electron chi connectivity index (χ3n) is 10.2. The number of nitrogens with zero attached hydrogens (tertiary/aromatic N) is 3. The van der Waals surface area contributed by atoms with E-state index in [1.807, 2.05) is 36.4 Å². The van der Waals surface area contributed by atoms with Gasteiger partial charge in [-0.3, -0.25) is 0 Å². The molecule has 0 aliphatic heterocycles. The van der Waals surface area contributed by atoms with Crippen molar-refractivity contribution in [2.45, 2.75) is 0 Å². The van der Waals surface area contributed by atoms with Crippen LogP contribution in [0.25, 0.3) is 94.4 Å². The third kappa shape index (κ3) is 5.65. The van der Waals surface area contributed by atoms with Gasteiger partial charge in [0.2, 0.25) is 0 Å². The van der Waals surface area contributed by atoms with Gasteiger partial charge in [-0.1, -0.05) is 158 Å². The van der Waals surface area contributed by atoms with Gasteiger partial charge in [0.25, 0.3) is 0 Å². The molecule has 248 valence electrons. The van der Waals surface area contributed by atoms with E-state index < -0.39 is 0 Å². The lowest BCUT2D eigenvalue weighted by Gasteiger charge is -2.11. The minimum absolute atomic E-state index is 0.712. The lowest BCUT2D eigenvalue weighted by Crippen LogP contribution is -1.95. The Morgan fingerprint density at radius 3 is 1.26 bits per heavy atom. The minimum atomic E-state index is 0.712. The van der Waals surface area contributed by atoms with E-state index in [4.69, 9.17) is 9.97 Å². The molecule has 0 spiro atoms. The summed E-state index contributed by atoms with van der Waals surface area (Å²) in [5.41, 5.74) is 13.3. The maximum Gasteiger partial charge on any atom is 0.160 e. The predicted octanol–water partition coefficient (Wildman–Crippen LogP) is 13.1. The number of hydrogen-bond acceptors (Lipinski definition) is 2. The first-order valence-corrected chi connectivity index (χ1v) is 18.0. The zero-order valence-electron chi connectivity index (χ0n) is 28.9. The highest BCUT2D eigenvalue weighted by atomic mass is 15.0. The molecule has 2 heterocycles. The summed E-state index contributed by atoms with van der Waals surface area (Å²) in [5.74, 6) is 0.712. The first-order valence-electron chi connectivity index (χ1n) is 18.0. The van der Waals surface area contributed by atoms with Crippen molar-refractivity contribution in [1.82, 2.24) is 14.5 Å². The van der Waals surface area contributed by atoms with E-state index in [2.05, 4.69) is 168 Å². The Kier molecular flexibility index (Phi) is 7.47. The van der Waals surface area contributed by atoms with Crippen molar-refractivity contribution in [2.75, 3.05) is 0 Å². The summed E-state index contributed by atoms with van der Waals surface area (Å²) in [7, 11) is 0. The molecule has 0 saturated carbocycles. The van der Waals surface area contributed by atoms with Gasteiger partial charge < -0.3 is 4.57 Å². The number of fused-ring (bicyclic) bond motifs is 4. The summed E-state index contributed by atoms with van der Waals surface area (Å²) >= 11 is 0. The second-order valence-corrected chi connectivity index (χ2v) is 13.5.